The molecule has 0 bridgehead atoms. The molecule has 1 N–H and O–H groups in total. The molecule has 1 amide bonds. The molecule has 0 aliphatic rings. The van der Waals surface area contributed by atoms with Gasteiger partial charge < -0.3 is 5.32 Å². The number of carbonyl (C=O) groups is 1. The van der Waals surface area contributed by atoms with Crippen LogP contribution in [0.25, 0.3) is 0 Å². The maximum Gasteiger partial charge on any atom is 0.433 e. The van der Waals surface area contributed by atoms with E-state index in [1.165, 1.54) is 13.1 Å². The Morgan fingerprint density at radius 2 is 1.93 bits per heavy atom. The van der Waals surface area contributed by atoms with Crippen molar-refractivity contribution in [3.8, 4) is 0 Å². The third-order valence-corrected chi connectivity index (χ3v) is 4.19. The summed E-state index contributed by atoms with van der Waals surface area (Å²) in [6.07, 6.45) is -2.96. The summed E-state index contributed by atoms with van der Waals surface area (Å²) >= 11 is 0. The predicted octanol–water partition coefficient (Wildman–Crippen LogP) is 2.72. The van der Waals surface area contributed by atoms with Crippen LogP contribution in [0.3, 0.4) is 0 Å². The first-order valence-electron chi connectivity index (χ1n) is 8.87. The van der Waals surface area contributed by atoms with Crippen molar-refractivity contribution in [1.82, 2.24) is 30.3 Å². The zero-order valence-electron chi connectivity index (χ0n) is 15.9. The molecule has 2 aromatic heterocycles. The van der Waals surface area contributed by atoms with Crippen molar-refractivity contribution in [3.63, 3.8) is 0 Å². The van der Waals surface area contributed by atoms with E-state index < -0.39 is 17.8 Å². The van der Waals surface area contributed by atoms with Crippen molar-refractivity contribution in [2.75, 3.05) is 6.54 Å². The minimum absolute atomic E-state index is 0.0147. The summed E-state index contributed by atoms with van der Waals surface area (Å²) in [5, 5.41) is 10.4. The van der Waals surface area contributed by atoms with Crippen LogP contribution in [0, 0.1) is 13.8 Å². The highest BCUT2D eigenvalue weighted by molar-refractivity contribution is 5.91. The fourth-order valence-corrected chi connectivity index (χ4v) is 2.71. The van der Waals surface area contributed by atoms with Gasteiger partial charge in [-0.1, -0.05) is 29.5 Å². The third kappa shape index (κ3) is 5.37. The van der Waals surface area contributed by atoms with E-state index in [2.05, 4.69) is 25.6 Å². The summed E-state index contributed by atoms with van der Waals surface area (Å²) in [6.45, 7) is 4.00. The zero-order valence-corrected chi connectivity index (χ0v) is 15.9. The first kappa shape index (κ1) is 20.4. The average molecular weight is 404 g/mol. The number of halogens is 3. The first-order valence-corrected chi connectivity index (χ1v) is 8.87. The Bertz CT molecular complexity index is 1020. The van der Waals surface area contributed by atoms with Crippen LogP contribution >= 0.6 is 0 Å². The van der Waals surface area contributed by atoms with E-state index in [0.29, 0.717) is 6.54 Å². The number of rotatable bonds is 6. The quantitative estimate of drug-likeness (QED) is 0.683. The standard InChI is InChI=1S/C19H19F3N6O/c1-12-5-3-4-6-14(12)10-28-11-15(26-27-28)18(29)23-8-7-17-24-13(2)9-16(25-17)19(20,21)22/h3-6,9,11H,7-8,10H2,1-2H3,(H,23,29). The van der Waals surface area contributed by atoms with E-state index >= 15 is 0 Å². The Kier molecular flexibility index (Phi) is 5.90. The fraction of sp³-hybridized carbons (Fsp3) is 0.316. The Labute approximate surface area is 165 Å². The topological polar surface area (TPSA) is 85.6 Å². The molecule has 0 fully saturated rings. The molecule has 3 rings (SSSR count). The third-order valence-electron chi connectivity index (χ3n) is 4.19. The lowest BCUT2D eigenvalue weighted by Gasteiger charge is -2.09. The van der Waals surface area contributed by atoms with Crippen molar-refractivity contribution < 1.29 is 18.0 Å². The second kappa shape index (κ2) is 8.38. The number of benzene rings is 1. The van der Waals surface area contributed by atoms with Gasteiger partial charge in [-0.3, -0.25) is 4.79 Å². The van der Waals surface area contributed by atoms with Crippen LogP contribution in [0.15, 0.2) is 36.5 Å². The van der Waals surface area contributed by atoms with Gasteiger partial charge in [0.05, 0.1) is 12.7 Å². The minimum Gasteiger partial charge on any atom is -0.350 e. The fourth-order valence-electron chi connectivity index (χ4n) is 2.71. The smallest absolute Gasteiger partial charge is 0.350 e. The highest BCUT2D eigenvalue weighted by atomic mass is 19.4. The number of aryl methyl sites for hydroxylation is 2. The average Bonchev–Trinajstić information content (AvgIpc) is 3.11. The predicted molar refractivity (Wildman–Crippen MR) is 98.1 cm³/mol. The molecule has 3 aromatic rings. The number of carbonyl (C=O) groups excluding carboxylic acids is 1. The molecular weight excluding hydrogens is 385 g/mol. The van der Waals surface area contributed by atoms with Crippen molar-refractivity contribution >= 4 is 5.91 Å². The number of alkyl halides is 3. The van der Waals surface area contributed by atoms with Gasteiger partial charge in [0.25, 0.3) is 5.91 Å². The molecule has 0 aliphatic carbocycles. The van der Waals surface area contributed by atoms with Gasteiger partial charge in [-0.15, -0.1) is 5.10 Å². The lowest BCUT2D eigenvalue weighted by molar-refractivity contribution is -0.141. The van der Waals surface area contributed by atoms with Gasteiger partial charge >= 0.3 is 6.18 Å². The molecule has 29 heavy (non-hydrogen) atoms. The Morgan fingerprint density at radius 3 is 2.66 bits per heavy atom. The Hall–Kier alpha value is -3.30. The molecule has 0 atom stereocenters. The molecule has 2 heterocycles. The summed E-state index contributed by atoms with van der Waals surface area (Å²) in [6, 6.07) is 8.69. The summed E-state index contributed by atoms with van der Waals surface area (Å²) in [5.41, 5.74) is 1.50. The normalized spacial score (nSPS) is 11.5. The number of hydrogen-bond donors (Lipinski definition) is 1. The van der Waals surface area contributed by atoms with E-state index in [1.807, 2.05) is 31.2 Å². The molecule has 0 saturated carbocycles. The molecule has 0 spiro atoms. The highest BCUT2D eigenvalue weighted by Gasteiger charge is 2.33. The molecule has 7 nitrogen and oxygen atoms in total. The lowest BCUT2D eigenvalue weighted by Crippen LogP contribution is -2.27. The Morgan fingerprint density at radius 1 is 1.17 bits per heavy atom. The van der Waals surface area contributed by atoms with Gasteiger partial charge in [0.1, 0.15) is 11.5 Å². The molecule has 0 unspecified atom stereocenters. The number of amides is 1. The summed E-state index contributed by atoms with van der Waals surface area (Å²) in [7, 11) is 0. The van der Waals surface area contributed by atoms with E-state index in [0.717, 1.165) is 17.2 Å². The molecule has 0 radical (unpaired) electrons. The highest BCUT2D eigenvalue weighted by Crippen LogP contribution is 2.27. The van der Waals surface area contributed by atoms with Crippen LogP contribution in [0.4, 0.5) is 13.2 Å². The van der Waals surface area contributed by atoms with Crippen LogP contribution in [0.2, 0.25) is 0 Å². The molecule has 152 valence electrons. The van der Waals surface area contributed by atoms with Gasteiger partial charge in [-0.05, 0) is 31.0 Å². The molecule has 1 aromatic carbocycles. The van der Waals surface area contributed by atoms with Crippen molar-refractivity contribution in [2.24, 2.45) is 0 Å². The number of nitrogens with one attached hydrogen (secondary N) is 1. The number of aromatic nitrogens is 5. The van der Waals surface area contributed by atoms with Crippen LogP contribution in [-0.4, -0.2) is 37.4 Å². The second-order valence-electron chi connectivity index (χ2n) is 6.54. The van der Waals surface area contributed by atoms with Gasteiger partial charge in [0.15, 0.2) is 5.69 Å². The summed E-state index contributed by atoms with van der Waals surface area (Å²) in [5.74, 6) is -0.453. The summed E-state index contributed by atoms with van der Waals surface area (Å²) < 4.78 is 40.0. The van der Waals surface area contributed by atoms with Gasteiger partial charge in [0, 0.05) is 18.7 Å². The lowest BCUT2D eigenvalue weighted by atomic mass is 10.1. The van der Waals surface area contributed by atoms with E-state index in [1.54, 1.807) is 4.68 Å². The van der Waals surface area contributed by atoms with Gasteiger partial charge in [-0.2, -0.15) is 13.2 Å². The monoisotopic (exact) mass is 404 g/mol. The first-order chi connectivity index (χ1) is 13.7. The summed E-state index contributed by atoms with van der Waals surface area (Å²) in [4.78, 5) is 19.7. The van der Waals surface area contributed by atoms with Crippen LogP contribution in [0.5, 0.6) is 0 Å². The van der Waals surface area contributed by atoms with Crippen molar-refractivity contribution in [2.45, 2.75) is 33.0 Å². The van der Waals surface area contributed by atoms with Gasteiger partial charge in [0.2, 0.25) is 0 Å². The van der Waals surface area contributed by atoms with E-state index in [9.17, 15) is 18.0 Å². The van der Waals surface area contributed by atoms with E-state index in [4.69, 9.17) is 0 Å². The maximum absolute atomic E-state index is 12.8. The zero-order chi connectivity index (χ0) is 21.0. The molecule has 0 saturated heterocycles. The van der Waals surface area contributed by atoms with Crippen LogP contribution in [0.1, 0.15) is 38.8 Å². The van der Waals surface area contributed by atoms with Crippen molar-refractivity contribution in [1.29, 1.82) is 0 Å². The van der Waals surface area contributed by atoms with Gasteiger partial charge in [-0.25, -0.2) is 14.6 Å². The largest absolute Gasteiger partial charge is 0.433 e. The molecule has 10 heteroatoms. The van der Waals surface area contributed by atoms with Crippen molar-refractivity contribution in [3.05, 3.63) is 70.6 Å². The van der Waals surface area contributed by atoms with Crippen LogP contribution < -0.4 is 5.32 Å². The number of hydrogen-bond acceptors (Lipinski definition) is 5. The number of nitrogens with zero attached hydrogens (tertiary/aromatic N) is 5. The van der Waals surface area contributed by atoms with Crippen LogP contribution in [-0.2, 0) is 19.1 Å². The molecule has 0 aliphatic heterocycles. The minimum atomic E-state index is -4.54. The molecular formula is C19H19F3N6O. The maximum atomic E-state index is 12.8. The Balaban J connectivity index is 1.57. The SMILES string of the molecule is Cc1cc(C(F)(F)F)nc(CCNC(=O)c2cn(Cc3ccccc3C)nn2)n1. The second-order valence-corrected chi connectivity index (χ2v) is 6.54. The van der Waals surface area contributed by atoms with E-state index in [-0.39, 0.29) is 30.2 Å².